The molecule has 0 aliphatic carbocycles. The smallest absolute Gasteiger partial charge is 0.482 e. The van der Waals surface area contributed by atoms with Gasteiger partial charge in [-0.15, -0.1) is 0 Å². The number of piperidine rings is 1. The van der Waals surface area contributed by atoms with E-state index in [0.717, 1.165) is 0 Å². The number of fused-ring (bicyclic) bond motifs is 3. The maximum Gasteiger partial charge on any atom is 0.534 e. The van der Waals surface area contributed by atoms with Gasteiger partial charge < -0.3 is 18.6 Å². The summed E-state index contributed by atoms with van der Waals surface area (Å²) in [6, 6.07) is 5.65. The highest BCUT2D eigenvalue weighted by atomic mass is 32.2. The normalized spacial score (nSPS) is 27.4. The van der Waals surface area contributed by atoms with Gasteiger partial charge in [-0.3, -0.25) is 0 Å². The molecule has 1 aromatic carbocycles. The maximum atomic E-state index is 13.0. The lowest BCUT2D eigenvalue weighted by Gasteiger charge is -2.46. The summed E-state index contributed by atoms with van der Waals surface area (Å²) in [5.41, 5.74) is -7.21. The molecule has 2 atom stereocenters. The Morgan fingerprint density at radius 1 is 1.12 bits per heavy atom. The van der Waals surface area contributed by atoms with E-state index in [1.807, 2.05) is 0 Å². The molecule has 2 fully saturated rings. The monoisotopic (exact) mass is 475 g/mol. The number of carbonyl (C=O) groups is 1. The number of ether oxygens (including phenoxy) is 2. The third kappa shape index (κ3) is 4.14. The molecule has 176 valence electrons. The Kier molecular flexibility index (Phi) is 5.19. The third-order valence-electron chi connectivity index (χ3n) is 5.73. The molecule has 0 saturated carbocycles. The molecule has 2 unspecified atom stereocenters. The lowest BCUT2D eigenvalue weighted by Crippen LogP contribution is -2.56. The van der Waals surface area contributed by atoms with E-state index in [9.17, 15) is 26.4 Å². The van der Waals surface area contributed by atoms with Crippen LogP contribution >= 0.6 is 0 Å². The van der Waals surface area contributed by atoms with Crippen molar-refractivity contribution in [3.05, 3.63) is 35.9 Å². The Hall–Kier alpha value is -2.43. The minimum atomic E-state index is -5.86. The number of hydrogen-bond donors (Lipinski definition) is 0. The van der Waals surface area contributed by atoms with Crippen molar-refractivity contribution >= 4 is 22.0 Å². The number of alkyl halides is 3. The molecule has 1 aromatic rings. The number of hydrogen-bond acceptors (Lipinski definition) is 6. The Morgan fingerprint density at radius 2 is 1.72 bits per heavy atom. The van der Waals surface area contributed by atoms with Gasteiger partial charge in [-0.1, -0.05) is 12.1 Å². The molecule has 0 aromatic heterocycles. The van der Waals surface area contributed by atoms with E-state index in [1.165, 1.54) is 12.1 Å². The van der Waals surface area contributed by atoms with Gasteiger partial charge in [0.1, 0.15) is 17.0 Å². The summed E-state index contributed by atoms with van der Waals surface area (Å²) < 4.78 is 78.6. The molecule has 7 nitrogen and oxygen atoms in total. The summed E-state index contributed by atoms with van der Waals surface area (Å²) in [7, 11) is -5.86. The summed E-state index contributed by atoms with van der Waals surface area (Å²) in [6.45, 7) is 5.31. The van der Waals surface area contributed by atoms with Crippen LogP contribution in [-0.4, -0.2) is 48.2 Å². The number of nitrogens with zero attached hydrogens (tertiary/aromatic N) is 1. The Bertz CT molecular complexity index is 1050. The molecule has 32 heavy (non-hydrogen) atoms. The van der Waals surface area contributed by atoms with Gasteiger partial charge in [0.05, 0.1) is 5.56 Å². The van der Waals surface area contributed by atoms with Crippen molar-refractivity contribution in [3.63, 3.8) is 0 Å². The van der Waals surface area contributed by atoms with E-state index in [2.05, 4.69) is 4.18 Å². The second-order valence-corrected chi connectivity index (χ2v) is 10.9. The van der Waals surface area contributed by atoms with Gasteiger partial charge in [-0.25, -0.2) is 4.79 Å². The molecule has 11 heteroatoms. The standard InChI is InChI=1S/C21H24F3NO6S/c1-19(2,3)30-18(26)25-13-8-9-14(25)11-20(10-13)12-17(31-32(27,28)21(22,23)24)15-6-4-5-7-16(15)29-20/h4-7,12-14H,8-11H2,1-3H3. The van der Waals surface area contributed by atoms with E-state index >= 15 is 0 Å². The summed E-state index contributed by atoms with van der Waals surface area (Å²) in [4.78, 5) is 14.4. The topological polar surface area (TPSA) is 82.1 Å². The molecule has 3 aliphatic rings. The van der Waals surface area contributed by atoms with E-state index in [-0.39, 0.29) is 36.2 Å². The number of benzene rings is 1. The van der Waals surface area contributed by atoms with Crippen molar-refractivity contribution in [2.75, 3.05) is 0 Å². The number of amides is 1. The zero-order valence-corrected chi connectivity index (χ0v) is 18.6. The Morgan fingerprint density at radius 3 is 2.28 bits per heavy atom. The molecule has 0 radical (unpaired) electrons. The number of halogens is 3. The lowest BCUT2D eigenvalue weighted by molar-refractivity contribution is -0.0514. The van der Waals surface area contributed by atoms with Gasteiger partial charge >= 0.3 is 21.7 Å². The molecule has 4 rings (SSSR count). The van der Waals surface area contributed by atoms with Crippen molar-refractivity contribution < 1.29 is 40.0 Å². The number of carbonyl (C=O) groups excluding carboxylic acids is 1. The molecular weight excluding hydrogens is 451 g/mol. The lowest BCUT2D eigenvalue weighted by atomic mass is 9.83. The van der Waals surface area contributed by atoms with Crippen LogP contribution in [0.1, 0.15) is 52.0 Å². The number of para-hydroxylation sites is 1. The van der Waals surface area contributed by atoms with E-state index in [1.54, 1.807) is 43.9 Å². The first kappa shape index (κ1) is 22.8. The predicted molar refractivity (Wildman–Crippen MR) is 108 cm³/mol. The molecule has 1 spiro atoms. The highest BCUT2D eigenvalue weighted by molar-refractivity contribution is 7.87. The molecule has 3 aliphatic heterocycles. The fourth-order valence-electron chi connectivity index (χ4n) is 4.62. The highest BCUT2D eigenvalue weighted by Gasteiger charge is 2.54. The quantitative estimate of drug-likeness (QED) is 0.460. The summed E-state index contributed by atoms with van der Waals surface area (Å²) in [5.74, 6) is -0.193. The van der Waals surface area contributed by atoms with Crippen LogP contribution in [0.4, 0.5) is 18.0 Å². The van der Waals surface area contributed by atoms with Gasteiger partial charge in [0.2, 0.25) is 0 Å². The zero-order valence-electron chi connectivity index (χ0n) is 17.8. The summed E-state index contributed by atoms with van der Waals surface area (Å²) >= 11 is 0. The van der Waals surface area contributed by atoms with E-state index in [4.69, 9.17) is 9.47 Å². The van der Waals surface area contributed by atoms with Crippen molar-refractivity contribution in [1.29, 1.82) is 0 Å². The predicted octanol–water partition coefficient (Wildman–Crippen LogP) is 4.59. The third-order valence-corrected chi connectivity index (χ3v) is 6.70. The van der Waals surface area contributed by atoms with Crippen LogP contribution in [0, 0.1) is 0 Å². The van der Waals surface area contributed by atoms with Crippen molar-refractivity contribution in [2.45, 2.75) is 75.2 Å². The van der Waals surface area contributed by atoms with Gasteiger partial charge in [0.25, 0.3) is 0 Å². The highest BCUT2D eigenvalue weighted by Crippen LogP contribution is 2.49. The van der Waals surface area contributed by atoms with Crippen LogP contribution in [0.25, 0.3) is 5.76 Å². The first-order valence-corrected chi connectivity index (χ1v) is 11.6. The summed E-state index contributed by atoms with van der Waals surface area (Å²) in [6.07, 6.45) is 2.78. The number of rotatable bonds is 2. The van der Waals surface area contributed by atoms with Crippen LogP contribution in [0.5, 0.6) is 5.75 Å². The van der Waals surface area contributed by atoms with Gasteiger partial charge in [0, 0.05) is 31.0 Å². The molecule has 1 amide bonds. The van der Waals surface area contributed by atoms with Crippen LogP contribution < -0.4 is 4.74 Å². The Balaban J connectivity index is 1.67. The molecule has 0 N–H and O–H groups in total. The first-order valence-electron chi connectivity index (χ1n) is 10.2. The maximum absolute atomic E-state index is 13.0. The molecule has 3 heterocycles. The van der Waals surface area contributed by atoms with Gasteiger partial charge in [-0.05, 0) is 45.7 Å². The first-order chi connectivity index (χ1) is 14.7. The fraction of sp³-hybridized carbons (Fsp3) is 0.571. The van der Waals surface area contributed by atoms with Crippen molar-refractivity contribution in [1.82, 2.24) is 4.90 Å². The second-order valence-electron chi connectivity index (χ2n) is 9.34. The molecular formula is C21H24F3NO6S. The average molecular weight is 475 g/mol. The van der Waals surface area contributed by atoms with Crippen LogP contribution in [0.2, 0.25) is 0 Å². The SMILES string of the molecule is CC(C)(C)OC(=O)N1C2CCC1CC1(C=C(OS(=O)(=O)C(F)(F)F)c3ccccc3O1)C2. The summed E-state index contributed by atoms with van der Waals surface area (Å²) in [5, 5.41) is 0. The molecule has 2 saturated heterocycles. The fourth-order valence-corrected chi connectivity index (χ4v) is 5.08. The van der Waals surface area contributed by atoms with Crippen molar-refractivity contribution in [2.24, 2.45) is 0 Å². The van der Waals surface area contributed by atoms with E-state index in [0.29, 0.717) is 12.8 Å². The van der Waals surface area contributed by atoms with Crippen LogP contribution in [0.15, 0.2) is 30.3 Å². The van der Waals surface area contributed by atoms with Crippen LogP contribution in [0.3, 0.4) is 0 Å². The zero-order chi connectivity index (χ0) is 23.5. The second kappa shape index (κ2) is 7.29. The largest absolute Gasteiger partial charge is 0.534 e. The minimum absolute atomic E-state index is 0.118. The van der Waals surface area contributed by atoms with Crippen LogP contribution in [-0.2, 0) is 19.0 Å². The van der Waals surface area contributed by atoms with Gasteiger partial charge in [-0.2, -0.15) is 21.6 Å². The minimum Gasteiger partial charge on any atom is -0.482 e. The van der Waals surface area contributed by atoms with E-state index < -0.39 is 38.7 Å². The average Bonchev–Trinajstić information content (AvgIpc) is 2.92. The molecule has 2 bridgehead atoms. The van der Waals surface area contributed by atoms with Crippen molar-refractivity contribution in [3.8, 4) is 5.75 Å². The Labute approximate surface area is 184 Å². The van der Waals surface area contributed by atoms with Gasteiger partial charge in [0.15, 0.2) is 5.76 Å².